The van der Waals surface area contributed by atoms with Crippen LogP contribution in [0.25, 0.3) is 0 Å². The molecule has 0 rings (SSSR count). The van der Waals surface area contributed by atoms with Gasteiger partial charge in [0.15, 0.2) is 0 Å². The lowest BCUT2D eigenvalue weighted by Gasteiger charge is -1.96. The van der Waals surface area contributed by atoms with E-state index in [-0.39, 0.29) is 0 Å². The van der Waals surface area contributed by atoms with Crippen LogP contribution in [0.4, 0.5) is 0 Å². The van der Waals surface area contributed by atoms with Crippen LogP contribution in [-0.2, 0) is 0 Å². The molecule has 1 unspecified atom stereocenters. The van der Waals surface area contributed by atoms with Gasteiger partial charge in [0.2, 0.25) is 0 Å². The van der Waals surface area contributed by atoms with E-state index in [0.29, 0.717) is 5.92 Å². The van der Waals surface area contributed by atoms with E-state index in [1.54, 1.807) is 6.08 Å². The van der Waals surface area contributed by atoms with Crippen molar-refractivity contribution in [3.05, 3.63) is 37.0 Å². The third-order valence-corrected chi connectivity index (χ3v) is 1.44. The van der Waals surface area contributed by atoms with Gasteiger partial charge in [0, 0.05) is 0 Å². The quantitative estimate of drug-likeness (QED) is 0.520. The normalized spacial score (nSPS) is 14.6. The highest BCUT2D eigenvalue weighted by Crippen LogP contribution is 2.01. The zero-order valence-electron chi connectivity index (χ0n) is 6.88. The smallest absolute Gasteiger partial charge is 0.0261 e. The van der Waals surface area contributed by atoms with Gasteiger partial charge in [0.1, 0.15) is 0 Å². The molecule has 1 atom stereocenters. The van der Waals surface area contributed by atoms with Crippen LogP contribution in [0.1, 0.15) is 20.3 Å². The lowest BCUT2D eigenvalue weighted by molar-refractivity contribution is 0.698. The molecule has 0 N–H and O–H groups in total. The maximum Gasteiger partial charge on any atom is -0.0261 e. The fraction of sp³-hybridized carbons (Fsp3) is 0.400. The van der Waals surface area contributed by atoms with Gasteiger partial charge in [-0.3, -0.25) is 0 Å². The van der Waals surface area contributed by atoms with E-state index >= 15 is 0 Å². The summed E-state index contributed by atoms with van der Waals surface area (Å²) in [7, 11) is 0. The zero-order chi connectivity index (χ0) is 7.82. The Morgan fingerprint density at radius 3 is 2.50 bits per heavy atom. The standard InChI is InChI=1S/C10H16/c1-4-6-7-8-9-10(3)5-2/h4,6-10H,1,5H2,2-3H3/b7-6-,9-8-. The molecule has 0 aliphatic carbocycles. The highest BCUT2D eigenvalue weighted by molar-refractivity contribution is 5.09. The van der Waals surface area contributed by atoms with Gasteiger partial charge in [0.25, 0.3) is 0 Å². The van der Waals surface area contributed by atoms with Crippen molar-refractivity contribution >= 4 is 0 Å². The first-order valence-corrected chi connectivity index (χ1v) is 3.77. The summed E-state index contributed by atoms with van der Waals surface area (Å²) in [4.78, 5) is 0. The second-order valence-electron chi connectivity index (χ2n) is 2.39. The average Bonchev–Trinajstić information content (AvgIpc) is 1.98. The summed E-state index contributed by atoms with van der Waals surface area (Å²) in [6, 6.07) is 0. The Kier molecular flexibility index (Phi) is 5.85. The van der Waals surface area contributed by atoms with Gasteiger partial charge in [-0.05, 0) is 5.92 Å². The molecule has 0 nitrogen and oxygen atoms in total. The van der Waals surface area contributed by atoms with E-state index in [1.807, 2.05) is 12.2 Å². The van der Waals surface area contributed by atoms with Gasteiger partial charge in [0.05, 0.1) is 0 Å². The van der Waals surface area contributed by atoms with Gasteiger partial charge in [-0.25, -0.2) is 0 Å². The van der Waals surface area contributed by atoms with E-state index in [2.05, 4.69) is 32.6 Å². The molecule has 0 aromatic heterocycles. The molecule has 0 saturated carbocycles. The van der Waals surface area contributed by atoms with Gasteiger partial charge < -0.3 is 0 Å². The topological polar surface area (TPSA) is 0 Å². The molecule has 56 valence electrons. The molecule has 0 heteroatoms. The monoisotopic (exact) mass is 136 g/mol. The Bertz CT molecular complexity index is 129. The van der Waals surface area contributed by atoms with Crippen LogP contribution >= 0.6 is 0 Å². The van der Waals surface area contributed by atoms with Crippen molar-refractivity contribution in [2.45, 2.75) is 20.3 Å². The average molecular weight is 136 g/mol. The molecule has 0 saturated heterocycles. The number of hydrogen-bond acceptors (Lipinski definition) is 0. The van der Waals surface area contributed by atoms with Crippen molar-refractivity contribution in [2.24, 2.45) is 5.92 Å². The minimum absolute atomic E-state index is 0.689. The van der Waals surface area contributed by atoms with Gasteiger partial charge in [-0.1, -0.05) is 57.2 Å². The molecule has 0 heterocycles. The predicted octanol–water partition coefficient (Wildman–Crippen LogP) is 3.33. The van der Waals surface area contributed by atoms with Gasteiger partial charge in [-0.2, -0.15) is 0 Å². The molecule has 0 spiro atoms. The molecular formula is C10H16. The highest BCUT2D eigenvalue weighted by Gasteiger charge is 1.86. The van der Waals surface area contributed by atoms with Crippen LogP contribution in [0, 0.1) is 5.92 Å². The molecule has 0 bridgehead atoms. The Morgan fingerprint density at radius 2 is 2.00 bits per heavy atom. The van der Waals surface area contributed by atoms with E-state index in [0.717, 1.165) is 0 Å². The number of allylic oxidation sites excluding steroid dienone is 5. The zero-order valence-corrected chi connectivity index (χ0v) is 6.88. The third kappa shape index (κ3) is 5.36. The largest absolute Gasteiger partial charge is 0.0991 e. The van der Waals surface area contributed by atoms with Crippen molar-refractivity contribution in [3.8, 4) is 0 Å². The Balaban J connectivity index is 3.54. The van der Waals surface area contributed by atoms with Crippen molar-refractivity contribution in [1.29, 1.82) is 0 Å². The summed E-state index contributed by atoms with van der Waals surface area (Å²) in [5.74, 6) is 0.689. The van der Waals surface area contributed by atoms with Crippen LogP contribution < -0.4 is 0 Å². The number of hydrogen-bond donors (Lipinski definition) is 0. The second kappa shape index (κ2) is 6.34. The molecule has 0 aromatic rings. The van der Waals surface area contributed by atoms with E-state index in [4.69, 9.17) is 0 Å². The maximum absolute atomic E-state index is 3.58. The molecule has 0 fully saturated rings. The Hall–Kier alpha value is -0.780. The summed E-state index contributed by atoms with van der Waals surface area (Å²) in [5, 5.41) is 0. The molecule has 10 heavy (non-hydrogen) atoms. The van der Waals surface area contributed by atoms with Crippen LogP contribution in [-0.4, -0.2) is 0 Å². The SMILES string of the molecule is C=C/C=C\C=C/C(C)CC. The first-order chi connectivity index (χ1) is 4.81. The van der Waals surface area contributed by atoms with Crippen molar-refractivity contribution in [1.82, 2.24) is 0 Å². The molecule has 0 aliphatic heterocycles. The summed E-state index contributed by atoms with van der Waals surface area (Å²) >= 11 is 0. The van der Waals surface area contributed by atoms with Gasteiger partial charge in [-0.15, -0.1) is 0 Å². The highest BCUT2D eigenvalue weighted by atomic mass is 13.9. The third-order valence-electron chi connectivity index (χ3n) is 1.44. The predicted molar refractivity (Wildman–Crippen MR) is 47.9 cm³/mol. The minimum Gasteiger partial charge on any atom is -0.0991 e. The van der Waals surface area contributed by atoms with E-state index in [9.17, 15) is 0 Å². The molecular weight excluding hydrogens is 120 g/mol. The maximum atomic E-state index is 3.58. The van der Waals surface area contributed by atoms with E-state index in [1.165, 1.54) is 6.42 Å². The van der Waals surface area contributed by atoms with E-state index < -0.39 is 0 Å². The number of rotatable bonds is 4. The van der Waals surface area contributed by atoms with Crippen LogP contribution in [0.15, 0.2) is 37.0 Å². The second-order valence-corrected chi connectivity index (χ2v) is 2.39. The summed E-state index contributed by atoms with van der Waals surface area (Å²) in [6.45, 7) is 7.97. The first-order valence-electron chi connectivity index (χ1n) is 3.77. The molecule has 0 amide bonds. The molecule has 0 radical (unpaired) electrons. The minimum atomic E-state index is 0.689. The van der Waals surface area contributed by atoms with Crippen LogP contribution in [0.5, 0.6) is 0 Å². The summed E-state index contributed by atoms with van der Waals surface area (Å²) in [5.41, 5.74) is 0. The summed E-state index contributed by atoms with van der Waals surface area (Å²) < 4.78 is 0. The molecule has 0 aromatic carbocycles. The Morgan fingerprint density at radius 1 is 1.30 bits per heavy atom. The van der Waals surface area contributed by atoms with Crippen LogP contribution in [0.3, 0.4) is 0 Å². The lowest BCUT2D eigenvalue weighted by atomic mass is 10.1. The first kappa shape index (κ1) is 9.22. The molecule has 0 aliphatic rings. The fourth-order valence-corrected chi connectivity index (χ4v) is 0.533. The van der Waals surface area contributed by atoms with Crippen molar-refractivity contribution < 1.29 is 0 Å². The summed E-state index contributed by atoms with van der Waals surface area (Å²) in [6.07, 6.45) is 11.2. The Labute approximate surface area is 64.0 Å². The van der Waals surface area contributed by atoms with Gasteiger partial charge >= 0.3 is 0 Å². The lowest BCUT2D eigenvalue weighted by Crippen LogP contribution is -1.82. The fourth-order valence-electron chi connectivity index (χ4n) is 0.533. The van der Waals surface area contributed by atoms with Crippen molar-refractivity contribution in [3.63, 3.8) is 0 Å². The van der Waals surface area contributed by atoms with Crippen molar-refractivity contribution in [2.75, 3.05) is 0 Å². The van der Waals surface area contributed by atoms with Crippen LogP contribution in [0.2, 0.25) is 0 Å².